The quantitative estimate of drug-likeness (QED) is 0.0204. The number of aliphatic hydroxyl groups excluding tert-OH is 8. The Morgan fingerprint density at radius 3 is 1.14 bits per heavy atom. The van der Waals surface area contributed by atoms with E-state index in [0.29, 0.717) is 6.42 Å². The van der Waals surface area contributed by atoms with Gasteiger partial charge < -0.3 is 65.1 Å². The van der Waals surface area contributed by atoms with E-state index in [1.165, 1.54) is 199 Å². The average molecular weight is 1310 g/mol. The van der Waals surface area contributed by atoms with Crippen LogP contribution in [0, 0.1) is 0 Å². The maximum atomic E-state index is 13.4. The van der Waals surface area contributed by atoms with Gasteiger partial charge in [-0.05, 0) is 70.6 Å². The molecule has 0 aromatic heterocycles. The van der Waals surface area contributed by atoms with Crippen LogP contribution in [0.2, 0.25) is 0 Å². The molecule has 12 unspecified atom stereocenters. The lowest BCUT2D eigenvalue weighted by Crippen LogP contribution is -2.65. The normalized spacial score (nSPS) is 23.0. The van der Waals surface area contributed by atoms with Crippen molar-refractivity contribution in [3.05, 3.63) is 85.1 Å². The summed E-state index contributed by atoms with van der Waals surface area (Å²) in [7, 11) is 0. The van der Waals surface area contributed by atoms with Gasteiger partial charge in [0.2, 0.25) is 5.91 Å². The number of amides is 1. The number of carbonyl (C=O) groups is 1. The van der Waals surface area contributed by atoms with E-state index in [1.807, 2.05) is 6.08 Å². The number of hydrogen-bond acceptors (Lipinski definition) is 13. The lowest BCUT2D eigenvalue weighted by molar-refractivity contribution is -0.359. The van der Waals surface area contributed by atoms with E-state index in [9.17, 15) is 45.6 Å². The van der Waals surface area contributed by atoms with Crippen LogP contribution < -0.4 is 5.32 Å². The van der Waals surface area contributed by atoms with Gasteiger partial charge in [-0.15, -0.1) is 0 Å². The summed E-state index contributed by atoms with van der Waals surface area (Å²) in [5.74, 6) is -0.247. The predicted octanol–water partition coefficient (Wildman–Crippen LogP) is 16.7. The monoisotopic (exact) mass is 1310 g/mol. The van der Waals surface area contributed by atoms with Gasteiger partial charge in [-0.3, -0.25) is 4.79 Å². The Kier molecular flexibility index (Phi) is 58.1. The third-order valence-corrected chi connectivity index (χ3v) is 18.3. The van der Waals surface area contributed by atoms with Crippen LogP contribution in [0.25, 0.3) is 0 Å². The summed E-state index contributed by atoms with van der Waals surface area (Å²) in [6.07, 6.45) is 70.8. The molecule has 0 aromatic rings. The Labute approximate surface area is 567 Å². The minimum atomic E-state index is -1.79. The van der Waals surface area contributed by atoms with Crippen molar-refractivity contribution in [3.63, 3.8) is 0 Å². The number of rotatable bonds is 63. The largest absolute Gasteiger partial charge is 0.394 e. The lowest BCUT2D eigenvalue weighted by Gasteiger charge is -2.46. The zero-order valence-corrected chi connectivity index (χ0v) is 59.0. The van der Waals surface area contributed by atoms with Gasteiger partial charge in [0.25, 0.3) is 0 Å². The van der Waals surface area contributed by atoms with Crippen LogP contribution in [0.1, 0.15) is 316 Å². The molecule has 0 bridgehead atoms. The first-order chi connectivity index (χ1) is 45.6. The molecule has 2 rings (SSSR count). The van der Waals surface area contributed by atoms with Crippen molar-refractivity contribution >= 4 is 5.91 Å². The number of unbranched alkanes of at least 4 members (excludes halogenated alkanes) is 38. The molecule has 93 heavy (non-hydrogen) atoms. The fraction of sp³-hybridized carbons (Fsp3) is 0.810. The van der Waals surface area contributed by atoms with Crippen LogP contribution >= 0.6 is 0 Å². The van der Waals surface area contributed by atoms with E-state index in [-0.39, 0.29) is 18.9 Å². The van der Waals surface area contributed by atoms with Crippen LogP contribution in [0.4, 0.5) is 0 Å². The van der Waals surface area contributed by atoms with Crippen molar-refractivity contribution in [3.8, 4) is 0 Å². The summed E-state index contributed by atoms with van der Waals surface area (Å²) in [5, 5.41) is 87.6. The van der Waals surface area contributed by atoms with Crippen LogP contribution in [0.15, 0.2) is 85.1 Å². The van der Waals surface area contributed by atoms with E-state index in [4.69, 9.17) is 18.9 Å². The minimum absolute atomic E-state index is 0.247. The van der Waals surface area contributed by atoms with E-state index in [1.54, 1.807) is 6.08 Å². The molecule has 540 valence electrons. The lowest BCUT2D eigenvalue weighted by atomic mass is 9.97. The molecule has 14 heteroatoms. The molecule has 0 saturated carbocycles. The van der Waals surface area contributed by atoms with Crippen molar-refractivity contribution < 1.29 is 64.6 Å². The molecule has 1 amide bonds. The standard InChI is InChI=1S/C79H141NO13/c1-3-5-7-9-11-13-15-17-19-21-23-25-27-29-31-32-33-34-35-37-38-40-42-44-46-48-50-52-54-56-58-60-62-68(83)67(66-90-78-76(89)74(87)77(70(65-82)92-78)93-79-75(88)73(86)72(85)69(64-81)91-79)80-71(84)63-61-59-57-55-53-51-49-47-45-43-41-39-36-30-28-26-24-22-20-18-16-14-12-10-8-6-4-2/h6,8,12,14,18,20,24,26,30,36,41,43,60,62,67-70,72-79,81-83,85-89H,3-5,7,9-11,13,15-17,19,21-23,25,27-29,31-35,37-40,42,44-59,61,63-66H2,1-2H3,(H,80,84)/b8-6-,14-12-,20-18-,26-24-,36-30-,43-41-,62-60+. The Balaban J connectivity index is 1.65. The van der Waals surface area contributed by atoms with Gasteiger partial charge in [0.1, 0.15) is 48.8 Å². The van der Waals surface area contributed by atoms with Gasteiger partial charge in [0.15, 0.2) is 12.6 Å². The van der Waals surface area contributed by atoms with Gasteiger partial charge in [-0.1, -0.05) is 324 Å². The van der Waals surface area contributed by atoms with Crippen molar-refractivity contribution in [2.24, 2.45) is 0 Å². The molecule has 2 aliphatic rings. The first kappa shape index (κ1) is 86.3. The highest BCUT2D eigenvalue weighted by Crippen LogP contribution is 2.30. The van der Waals surface area contributed by atoms with Crippen LogP contribution in [0.5, 0.6) is 0 Å². The Morgan fingerprint density at radius 2 is 0.742 bits per heavy atom. The fourth-order valence-corrected chi connectivity index (χ4v) is 12.3. The molecule has 0 aromatic carbocycles. The third-order valence-electron chi connectivity index (χ3n) is 18.3. The highest BCUT2D eigenvalue weighted by Gasteiger charge is 2.51. The summed E-state index contributed by atoms with van der Waals surface area (Å²) >= 11 is 0. The molecule has 2 aliphatic heterocycles. The molecule has 2 saturated heterocycles. The van der Waals surface area contributed by atoms with Crippen LogP contribution in [-0.2, 0) is 23.7 Å². The first-order valence-corrected chi connectivity index (χ1v) is 38.3. The van der Waals surface area contributed by atoms with Crippen LogP contribution in [-0.4, -0.2) is 140 Å². The molecule has 2 fully saturated rings. The number of aliphatic hydroxyl groups is 8. The third kappa shape index (κ3) is 46.1. The Bertz CT molecular complexity index is 1890. The maximum absolute atomic E-state index is 13.4. The topological polar surface area (TPSA) is 228 Å². The van der Waals surface area contributed by atoms with Gasteiger partial charge >= 0.3 is 0 Å². The number of allylic oxidation sites excluding steroid dienone is 13. The van der Waals surface area contributed by atoms with Crippen LogP contribution in [0.3, 0.4) is 0 Å². The van der Waals surface area contributed by atoms with E-state index < -0.39 is 86.8 Å². The number of ether oxygens (including phenoxy) is 4. The fourth-order valence-electron chi connectivity index (χ4n) is 12.3. The number of hydrogen-bond donors (Lipinski definition) is 9. The highest BCUT2D eigenvalue weighted by molar-refractivity contribution is 5.76. The summed E-state index contributed by atoms with van der Waals surface area (Å²) in [6.45, 7) is 2.72. The van der Waals surface area contributed by atoms with E-state index >= 15 is 0 Å². The Hall–Kier alpha value is -2.83. The first-order valence-electron chi connectivity index (χ1n) is 38.3. The molecular weight excluding hydrogens is 1170 g/mol. The molecular formula is C79H141NO13. The molecule has 14 nitrogen and oxygen atoms in total. The van der Waals surface area contributed by atoms with E-state index in [2.05, 4.69) is 92.1 Å². The van der Waals surface area contributed by atoms with Gasteiger partial charge in [0, 0.05) is 6.42 Å². The maximum Gasteiger partial charge on any atom is 0.220 e. The zero-order valence-electron chi connectivity index (χ0n) is 59.0. The van der Waals surface area contributed by atoms with E-state index in [0.717, 1.165) is 89.9 Å². The molecule has 9 N–H and O–H groups in total. The highest BCUT2D eigenvalue weighted by atomic mass is 16.7. The van der Waals surface area contributed by atoms with Crippen molar-refractivity contribution in [1.29, 1.82) is 0 Å². The zero-order chi connectivity index (χ0) is 67.3. The SMILES string of the molecule is CC/C=C\C/C=C\C/C=C\C/C=C\C/C=C\C/C=C\CCCCCCCCCCC(=O)NC(COC1OC(CO)C(OC2OC(CO)C(O)C(O)C2O)C(O)C1O)C(O)/C=C/CCCCCCCCCCCCCCCCCCCCCCCCCCCCCCCC. The summed E-state index contributed by atoms with van der Waals surface area (Å²) in [4.78, 5) is 13.4. The number of nitrogens with one attached hydrogen (secondary N) is 1. The smallest absolute Gasteiger partial charge is 0.220 e. The molecule has 12 atom stereocenters. The second-order valence-corrected chi connectivity index (χ2v) is 26.8. The summed E-state index contributed by atoms with van der Waals surface area (Å²) in [6, 6.07) is -0.927. The predicted molar refractivity (Wildman–Crippen MR) is 383 cm³/mol. The van der Waals surface area contributed by atoms with Gasteiger partial charge in [0.05, 0.1) is 32.0 Å². The van der Waals surface area contributed by atoms with Crippen molar-refractivity contribution in [1.82, 2.24) is 5.32 Å². The summed E-state index contributed by atoms with van der Waals surface area (Å²) < 4.78 is 22.9. The average Bonchev–Trinajstić information content (AvgIpc) is 0.854. The molecule has 0 spiro atoms. The molecule has 0 radical (unpaired) electrons. The van der Waals surface area contributed by atoms with Gasteiger partial charge in [-0.25, -0.2) is 0 Å². The Morgan fingerprint density at radius 1 is 0.398 bits per heavy atom. The number of carbonyl (C=O) groups excluding carboxylic acids is 1. The van der Waals surface area contributed by atoms with Gasteiger partial charge in [-0.2, -0.15) is 0 Å². The minimum Gasteiger partial charge on any atom is -0.394 e. The van der Waals surface area contributed by atoms with Crippen molar-refractivity contribution in [2.45, 2.75) is 389 Å². The molecule has 0 aliphatic carbocycles. The second kappa shape index (κ2) is 62.7. The molecule has 2 heterocycles. The second-order valence-electron chi connectivity index (χ2n) is 26.8. The summed E-state index contributed by atoms with van der Waals surface area (Å²) in [5.41, 5.74) is 0. The van der Waals surface area contributed by atoms with Crippen molar-refractivity contribution in [2.75, 3.05) is 19.8 Å².